The first-order valence-corrected chi connectivity index (χ1v) is 3.38. The Hall–Kier alpha value is -0.300. The first-order chi connectivity index (χ1) is 4.22. The lowest BCUT2D eigenvalue weighted by molar-refractivity contribution is 0.0898. The van der Waals surface area contributed by atoms with Gasteiger partial charge in [-0.1, -0.05) is 19.1 Å². The smallest absolute Gasteiger partial charge is 0.0603 e. The molecule has 0 aromatic rings. The van der Waals surface area contributed by atoms with Crippen LogP contribution in [-0.2, 0) is 4.74 Å². The summed E-state index contributed by atoms with van der Waals surface area (Å²) in [6.45, 7) is 6.25. The van der Waals surface area contributed by atoms with Crippen molar-refractivity contribution in [2.75, 3.05) is 7.11 Å². The average molecular weight is 128 g/mol. The largest absolute Gasteiger partial charge is 0.381 e. The van der Waals surface area contributed by atoms with Crippen LogP contribution >= 0.6 is 0 Å². The van der Waals surface area contributed by atoms with Crippen molar-refractivity contribution in [3.63, 3.8) is 0 Å². The predicted octanol–water partition coefficient (Wildman–Crippen LogP) is 2.23. The van der Waals surface area contributed by atoms with E-state index < -0.39 is 0 Å². The van der Waals surface area contributed by atoms with Gasteiger partial charge in [0.2, 0.25) is 0 Å². The van der Waals surface area contributed by atoms with Gasteiger partial charge in [0, 0.05) is 7.11 Å². The van der Waals surface area contributed by atoms with Crippen LogP contribution in [0.2, 0.25) is 0 Å². The number of allylic oxidation sites excluding steroid dienone is 1. The van der Waals surface area contributed by atoms with Gasteiger partial charge in [-0.25, -0.2) is 0 Å². The van der Waals surface area contributed by atoms with Gasteiger partial charge in [0.05, 0.1) is 6.10 Å². The predicted molar refractivity (Wildman–Crippen MR) is 40.4 cm³/mol. The van der Waals surface area contributed by atoms with Crippen LogP contribution in [0.25, 0.3) is 0 Å². The van der Waals surface area contributed by atoms with Crippen LogP contribution in [0.15, 0.2) is 12.2 Å². The summed E-state index contributed by atoms with van der Waals surface area (Å²) >= 11 is 0. The van der Waals surface area contributed by atoms with Crippen LogP contribution in [0.1, 0.15) is 20.8 Å². The molecule has 54 valence electrons. The fourth-order valence-corrected chi connectivity index (χ4v) is 0.675. The van der Waals surface area contributed by atoms with E-state index in [1.807, 2.05) is 6.92 Å². The van der Waals surface area contributed by atoms with E-state index in [9.17, 15) is 0 Å². The minimum absolute atomic E-state index is 0.334. The Kier molecular flexibility index (Phi) is 4.41. The van der Waals surface area contributed by atoms with Gasteiger partial charge >= 0.3 is 0 Å². The summed E-state index contributed by atoms with van der Waals surface area (Å²) < 4.78 is 5.11. The second-order valence-corrected chi connectivity index (χ2v) is 2.33. The van der Waals surface area contributed by atoms with E-state index in [-0.39, 0.29) is 0 Å². The van der Waals surface area contributed by atoms with Crippen LogP contribution in [0.4, 0.5) is 0 Å². The Morgan fingerprint density at radius 1 is 1.33 bits per heavy atom. The second kappa shape index (κ2) is 4.57. The number of methoxy groups -OCH3 is 1. The summed E-state index contributed by atoms with van der Waals surface area (Å²) in [6, 6.07) is 0. The molecule has 0 heterocycles. The van der Waals surface area contributed by atoms with Gasteiger partial charge in [0.15, 0.2) is 0 Å². The van der Waals surface area contributed by atoms with Crippen LogP contribution in [0.5, 0.6) is 0 Å². The van der Waals surface area contributed by atoms with E-state index in [0.717, 1.165) is 0 Å². The Bertz CT molecular complexity index is 86.6. The third-order valence-corrected chi connectivity index (χ3v) is 1.61. The number of ether oxygens (including phenoxy) is 1. The minimum atomic E-state index is 0.334. The van der Waals surface area contributed by atoms with Crippen molar-refractivity contribution < 1.29 is 4.74 Å². The lowest BCUT2D eigenvalue weighted by Gasteiger charge is -2.13. The molecule has 9 heavy (non-hydrogen) atoms. The second-order valence-electron chi connectivity index (χ2n) is 2.33. The highest BCUT2D eigenvalue weighted by atomic mass is 16.5. The van der Waals surface area contributed by atoms with Crippen LogP contribution < -0.4 is 0 Å². The molecule has 0 aliphatic rings. The summed E-state index contributed by atoms with van der Waals surface area (Å²) in [5.74, 6) is 0.528. The monoisotopic (exact) mass is 128 g/mol. The van der Waals surface area contributed by atoms with Gasteiger partial charge in [0.25, 0.3) is 0 Å². The summed E-state index contributed by atoms with van der Waals surface area (Å²) in [5, 5.41) is 0. The van der Waals surface area contributed by atoms with Crippen molar-refractivity contribution in [2.45, 2.75) is 26.9 Å². The summed E-state index contributed by atoms with van der Waals surface area (Å²) in [6.07, 6.45) is 4.54. The molecule has 2 unspecified atom stereocenters. The molecule has 0 saturated heterocycles. The molecule has 2 atom stereocenters. The van der Waals surface area contributed by atoms with E-state index in [2.05, 4.69) is 26.0 Å². The number of rotatable bonds is 3. The Morgan fingerprint density at radius 3 is 2.22 bits per heavy atom. The van der Waals surface area contributed by atoms with Crippen molar-refractivity contribution in [3.8, 4) is 0 Å². The standard InChI is InChI=1S/C8H16O/c1-5-6-7(2)8(3)9-4/h5-8H,1-4H3. The van der Waals surface area contributed by atoms with E-state index >= 15 is 0 Å². The molecule has 0 fully saturated rings. The molecule has 0 aromatic carbocycles. The molecule has 0 spiro atoms. The lowest BCUT2D eigenvalue weighted by Crippen LogP contribution is -2.13. The first kappa shape index (κ1) is 8.70. The highest BCUT2D eigenvalue weighted by molar-refractivity contribution is 4.85. The van der Waals surface area contributed by atoms with Gasteiger partial charge in [-0.2, -0.15) is 0 Å². The van der Waals surface area contributed by atoms with Crippen molar-refractivity contribution in [3.05, 3.63) is 12.2 Å². The summed E-state index contributed by atoms with van der Waals surface area (Å²) in [5.41, 5.74) is 0. The molecule has 0 aliphatic heterocycles. The van der Waals surface area contributed by atoms with E-state index in [1.54, 1.807) is 7.11 Å². The van der Waals surface area contributed by atoms with Crippen LogP contribution in [0.3, 0.4) is 0 Å². The maximum Gasteiger partial charge on any atom is 0.0603 e. The lowest BCUT2D eigenvalue weighted by atomic mass is 10.1. The summed E-state index contributed by atoms with van der Waals surface area (Å²) in [7, 11) is 1.74. The molecule has 1 heteroatoms. The van der Waals surface area contributed by atoms with Crippen molar-refractivity contribution in [2.24, 2.45) is 5.92 Å². The number of hydrogen-bond donors (Lipinski definition) is 0. The molecule has 0 rings (SSSR count). The Balaban J connectivity index is 3.58. The SMILES string of the molecule is CC=CC(C)C(C)OC. The van der Waals surface area contributed by atoms with Crippen LogP contribution in [-0.4, -0.2) is 13.2 Å². The molecule has 0 N–H and O–H groups in total. The molecule has 0 aromatic heterocycles. The van der Waals surface area contributed by atoms with Gasteiger partial charge in [-0.05, 0) is 19.8 Å². The highest BCUT2D eigenvalue weighted by Crippen LogP contribution is 2.06. The molecule has 0 amide bonds. The molecular formula is C8H16O. The van der Waals surface area contributed by atoms with Crippen molar-refractivity contribution in [1.29, 1.82) is 0 Å². The Morgan fingerprint density at radius 2 is 1.89 bits per heavy atom. The topological polar surface area (TPSA) is 9.23 Å². The zero-order valence-corrected chi connectivity index (χ0v) is 6.72. The van der Waals surface area contributed by atoms with Gasteiger partial charge < -0.3 is 4.74 Å². The molecular weight excluding hydrogens is 112 g/mol. The molecule has 0 saturated carbocycles. The fourth-order valence-electron chi connectivity index (χ4n) is 0.675. The van der Waals surface area contributed by atoms with Crippen molar-refractivity contribution >= 4 is 0 Å². The van der Waals surface area contributed by atoms with Gasteiger partial charge in [-0.3, -0.25) is 0 Å². The number of hydrogen-bond acceptors (Lipinski definition) is 1. The maximum atomic E-state index is 5.11. The Labute approximate surface area is 57.7 Å². The first-order valence-electron chi connectivity index (χ1n) is 3.38. The molecule has 1 nitrogen and oxygen atoms in total. The van der Waals surface area contributed by atoms with Crippen molar-refractivity contribution in [1.82, 2.24) is 0 Å². The molecule has 0 radical (unpaired) electrons. The van der Waals surface area contributed by atoms with Crippen LogP contribution in [0, 0.1) is 5.92 Å². The van der Waals surface area contributed by atoms with Gasteiger partial charge in [-0.15, -0.1) is 0 Å². The zero-order chi connectivity index (χ0) is 7.28. The molecule has 0 aliphatic carbocycles. The van der Waals surface area contributed by atoms with E-state index in [4.69, 9.17) is 4.74 Å². The van der Waals surface area contributed by atoms with Gasteiger partial charge in [0.1, 0.15) is 0 Å². The average Bonchev–Trinajstić information content (AvgIpc) is 1.87. The third-order valence-electron chi connectivity index (χ3n) is 1.61. The quantitative estimate of drug-likeness (QED) is 0.530. The normalized spacial score (nSPS) is 18.2. The fraction of sp³-hybridized carbons (Fsp3) is 0.750. The minimum Gasteiger partial charge on any atom is -0.381 e. The van der Waals surface area contributed by atoms with E-state index in [0.29, 0.717) is 12.0 Å². The third kappa shape index (κ3) is 3.31. The van der Waals surface area contributed by atoms with E-state index in [1.165, 1.54) is 0 Å². The molecule has 0 bridgehead atoms. The highest BCUT2D eigenvalue weighted by Gasteiger charge is 2.05. The maximum absolute atomic E-state index is 5.11. The summed E-state index contributed by atoms with van der Waals surface area (Å²) in [4.78, 5) is 0. The zero-order valence-electron chi connectivity index (χ0n) is 6.72.